The van der Waals surface area contributed by atoms with Crippen molar-refractivity contribution < 1.29 is 9.08 Å². The molecule has 0 spiro atoms. The molecule has 0 aromatic heterocycles. The predicted molar refractivity (Wildman–Crippen MR) is 50.4 cm³/mol. The van der Waals surface area contributed by atoms with Crippen molar-refractivity contribution in [1.82, 2.24) is 0 Å². The van der Waals surface area contributed by atoms with E-state index in [4.69, 9.17) is 23.5 Å². The summed E-state index contributed by atoms with van der Waals surface area (Å²) in [7, 11) is 0. The first-order chi connectivity index (χ1) is 6.24. The van der Waals surface area contributed by atoms with Crippen molar-refractivity contribution in [3.05, 3.63) is 12.2 Å². The maximum absolute atomic E-state index is 11.2. The second-order valence-electron chi connectivity index (χ2n) is 3.72. The summed E-state index contributed by atoms with van der Waals surface area (Å²) in [4.78, 5) is 11.2. The van der Waals surface area contributed by atoms with E-state index in [0.717, 1.165) is 6.42 Å². The number of rotatable bonds is 3. The summed E-state index contributed by atoms with van der Waals surface area (Å²) in [5, 5.41) is -0.254. The van der Waals surface area contributed by atoms with Crippen molar-refractivity contribution in [3.8, 4) is 0 Å². The van der Waals surface area contributed by atoms with Crippen LogP contribution in [0.3, 0.4) is 0 Å². The zero-order chi connectivity index (χ0) is 9.42. The second-order valence-corrected chi connectivity index (χ2v) is 4.31. The van der Waals surface area contributed by atoms with E-state index in [1.54, 1.807) is 0 Å². The second kappa shape index (κ2) is 3.60. The molecule has 4 heteroatoms. The number of halogens is 2. The lowest BCUT2D eigenvalue weighted by molar-refractivity contribution is -0.117. The van der Waals surface area contributed by atoms with Gasteiger partial charge in [-0.2, -0.15) is 0 Å². The highest BCUT2D eigenvalue weighted by Gasteiger charge is 2.47. The Kier molecular flexibility index (Phi) is 2.63. The standard InChI is InChI=1S/C9H10Cl2O2/c10-9(12)8-6-2-1-5(3-6)7(8)4-13-11/h1-2,5-8H,3-4H2. The van der Waals surface area contributed by atoms with Crippen LogP contribution in [0.25, 0.3) is 0 Å². The highest BCUT2D eigenvalue weighted by molar-refractivity contribution is 6.64. The lowest BCUT2D eigenvalue weighted by Gasteiger charge is -2.23. The van der Waals surface area contributed by atoms with Gasteiger partial charge in [-0.1, -0.05) is 12.2 Å². The van der Waals surface area contributed by atoms with Gasteiger partial charge >= 0.3 is 0 Å². The topological polar surface area (TPSA) is 26.3 Å². The molecule has 0 radical (unpaired) electrons. The Morgan fingerprint density at radius 1 is 1.46 bits per heavy atom. The van der Waals surface area contributed by atoms with Crippen molar-refractivity contribution >= 4 is 28.7 Å². The molecule has 4 unspecified atom stereocenters. The summed E-state index contributed by atoms with van der Waals surface area (Å²) >= 11 is 10.7. The Bertz CT molecular complexity index is 252. The molecule has 0 saturated heterocycles. The highest BCUT2D eigenvalue weighted by atomic mass is 35.5. The summed E-state index contributed by atoms with van der Waals surface area (Å²) < 4.78 is 4.59. The zero-order valence-corrected chi connectivity index (χ0v) is 8.46. The summed E-state index contributed by atoms with van der Waals surface area (Å²) in [6.45, 7) is 0.413. The van der Waals surface area contributed by atoms with E-state index >= 15 is 0 Å². The van der Waals surface area contributed by atoms with Gasteiger partial charge in [0, 0.05) is 11.8 Å². The molecular weight excluding hydrogens is 211 g/mol. The average Bonchev–Trinajstić information content (AvgIpc) is 2.63. The third kappa shape index (κ3) is 1.51. The molecule has 1 saturated carbocycles. The Balaban J connectivity index is 2.15. The smallest absolute Gasteiger partial charge is 0.225 e. The normalized spacial score (nSPS) is 41.4. The van der Waals surface area contributed by atoms with E-state index in [2.05, 4.69) is 16.4 Å². The first-order valence-corrected chi connectivity index (χ1v) is 5.04. The summed E-state index contributed by atoms with van der Waals surface area (Å²) in [6.07, 6.45) is 5.25. The third-order valence-electron chi connectivity index (χ3n) is 3.14. The highest BCUT2D eigenvalue weighted by Crippen LogP contribution is 2.48. The van der Waals surface area contributed by atoms with Crippen LogP contribution in [0.1, 0.15) is 6.42 Å². The minimum atomic E-state index is -0.254. The molecule has 0 aromatic rings. The largest absolute Gasteiger partial charge is 0.281 e. The molecule has 2 bridgehead atoms. The van der Waals surface area contributed by atoms with Crippen LogP contribution < -0.4 is 0 Å². The van der Waals surface area contributed by atoms with Crippen molar-refractivity contribution in [2.45, 2.75) is 6.42 Å². The van der Waals surface area contributed by atoms with Gasteiger partial charge in [0.1, 0.15) is 0 Å². The Morgan fingerprint density at radius 2 is 2.15 bits per heavy atom. The quantitative estimate of drug-likeness (QED) is 0.540. The molecule has 2 nitrogen and oxygen atoms in total. The monoisotopic (exact) mass is 220 g/mol. The molecule has 13 heavy (non-hydrogen) atoms. The van der Waals surface area contributed by atoms with Crippen LogP contribution in [0.2, 0.25) is 0 Å². The van der Waals surface area contributed by atoms with Crippen molar-refractivity contribution in [2.75, 3.05) is 6.61 Å². The molecule has 0 N–H and O–H groups in total. The van der Waals surface area contributed by atoms with Gasteiger partial charge in [-0.15, -0.1) is 0 Å². The molecule has 1 fully saturated rings. The van der Waals surface area contributed by atoms with Gasteiger partial charge in [0.2, 0.25) is 5.24 Å². The van der Waals surface area contributed by atoms with Gasteiger partial charge in [-0.3, -0.25) is 9.08 Å². The van der Waals surface area contributed by atoms with E-state index in [1.165, 1.54) is 0 Å². The number of allylic oxidation sites excluding steroid dienone is 2. The van der Waals surface area contributed by atoms with Crippen molar-refractivity contribution in [3.63, 3.8) is 0 Å². The first kappa shape index (κ1) is 9.50. The maximum Gasteiger partial charge on any atom is 0.225 e. The van der Waals surface area contributed by atoms with Crippen molar-refractivity contribution in [2.24, 2.45) is 23.7 Å². The molecule has 4 atom stereocenters. The van der Waals surface area contributed by atoms with Gasteiger partial charge in [0.25, 0.3) is 0 Å². The van der Waals surface area contributed by atoms with Gasteiger partial charge in [-0.05, 0) is 29.9 Å². The first-order valence-electron chi connectivity index (χ1n) is 4.35. The fraction of sp³-hybridized carbons (Fsp3) is 0.667. The molecule has 72 valence electrons. The summed E-state index contributed by atoms with van der Waals surface area (Å²) in [5.74, 6) is 0.830. The number of carbonyl (C=O) groups excluding carboxylic acids is 1. The molecule has 0 heterocycles. The van der Waals surface area contributed by atoms with E-state index in [9.17, 15) is 4.79 Å². The van der Waals surface area contributed by atoms with Crippen LogP contribution >= 0.6 is 23.5 Å². The molecule has 0 aliphatic heterocycles. The molecule has 0 amide bonds. The maximum atomic E-state index is 11.2. The van der Waals surface area contributed by atoms with E-state index in [1.807, 2.05) is 0 Å². The Hall–Kier alpha value is -0.0500. The third-order valence-corrected chi connectivity index (χ3v) is 3.52. The molecular formula is C9H10Cl2O2. The zero-order valence-electron chi connectivity index (χ0n) is 6.95. The molecule has 2 aliphatic rings. The van der Waals surface area contributed by atoms with Crippen LogP contribution in [0.15, 0.2) is 12.2 Å². The Labute approximate surface area is 87.0 Å². The molecule has 2 aliphatic carbocycles. The SMILES string of the molecule is O=C(Cl)C1C2C=CC(C2)C1COCl. The number of hydrogen-bond acceptors (Lipinski definition) is 2. The van der Waals surface area contributed by atoms with E-state index < -0.39 is 0 Å². The number of hydrogen-bond donors (Lipinski definition) is 0. The fourth-order valence-electron chi connectivity index (χ4n) is 2.56. The van der Waals surface area contributed by atoms with Crippen LogP contribution in [-0.4, -0.2) is 11.8 Å². The lowest BCUT2D eigenvalue weighted by atomic mass is 9.84. The van der Waals surface area contributed by atoms with Crippen LogP contribution in [0.5, 0.6) is 0 Å². The van der Waals surface area contributed by atoms with E-state index in [-0.39, 0.29) is 17.1 Å². The average molecular weight is 221 g/mol. The van der Waals surface area contributed by atoms with Crippen molar-refractivity contribution in [1.29, 1.82) is 0 Å². The Morgan fingerprint density at radius 3 is 2.77 bits per heavy atom. The minimum Gasteiger partial charge on any atom is -0.281 e. The number of fused-ring (bicyclic) bond motifs is 2. The number of carbonyl (C=O) groups is 1. The minimum absolute atomic E-state index is 0.0876. The van der Waals surface area contributed by atoms with E-state index in [0.29, 0.717) is 18.4 Å². The predicted octanol–water partition coefficient (Wildman–Crippen LogP) is 2.36. The van der Waals surface area contributed by atoms with Crippen LogP contribution in [0, 0.1) is 23.7 Å². The van der Waals surface area contributed by atoms with Crippen LogP contribution in [-0.2, 0) is 9.08 Å². The van der Waals surface area contributed by atoms with Crippen LogP contribution in [0.4, 0.5) is 0 Å². The fourth-order valence-corrected chi connectivity index (χ4v) is 3.03. The summed E-state index contributed by atoms with van der Waals surface area (Å²) in [6, 6.07) is 0. The van der Waals surface area contributed by atoms with Gasteiger partial charge < -0.3 is 0 Å². The van der Waals surface area contributed by atoms with Gasteiger partial charge in [0.15, 0.2) is 0 Å². The molecule has 0 aromatic carbocycles. The van der Waals surface area contributed by atoms with Gasteiger partial charge in [-0.25, -0.2) is 0 Å². The summed E-state index contributed by atoms with van der Waals surface area (Å²) in [5.41, 5.74) is 0. The molecule has 2 rings (SSSR count). The lowest BCUT2D eigenvalue weighted by Crippen LogP contribution is -2.27. The van der Waals surface area contributed by atoms with Gasteiger partial charge in [0.05, 0.1) is 18.5 Å².